The fourth-order valence-corrected chi connectivity index (χ4v) is 3.84. The Morgan fingerprint density at radius 2 is 2.11 bits per heavy atom. The van der Waals surface area contributed by atoms with Crippen LogP contribution in [0.5, 0.6) is 0 Å². The summed E-state index contributed by atoms with van der Waals surface area (Å²) in [6.45, 7) is 1.72. The van der Waals surface area contributed by atoms with Gasteiger partial charge in [-0.1, -0.05) is 30.0 Å². The van der Waals surface area contributed by atoms with Crippen molar-refractivity contribution in [2.24, 2.45) is 0 Å². The Morgan fingerprint density at radius 3 is 2.85 bits per heavy atom. The number of alkyl carbamates (subject to hydrolysis) is 1. The highest BCUT2D eigenvalue weighted by molar-refractivity contribution is 8.00. The molecule has 2 N–H and O–H groups in total. The summed E-state index contributed by atoms with van der Waals surface area (Å²) in [5, 5.41) is 12.2. The van der Waals surface area contributed by atoms with Gasteiger partial charge in [0.25, 0.3) is 0 Å². The Labute approximate surface area is 159 Å². The van der Waals surface area contributed by atoms with Crippen molar-refractivity contribution < 1.29 is 14.3 Å². The van der Waals surface area contributed by atoms with Crippen molar-refractivity contribution in [3.63, 3.8) is 0 Å². The lowest BCUT2D eigenvalue weighted by Crippen LogP contribution is -2.36. The lowest BCUT2D eigenvalue weighted by atomic mass is 10.1. The molecule has 8 nitrogen and oxygen atoms in total. The standard InChI is InChI=1S/C18H19N5O3S/c1-10(16(24)20-18(25)26-2)27-17-22-21-15(23(17)11-7-8-11)13-9-19-14-6-4-3-5-12(13)14/h3-6,9-11,19H,7-8H2,1-2H3,(H,20,24,25)/t10-/m0/s1. The zero-order valence-corrected chi connectivity index (χ0v) is 15.7. The van der Waals surface area contributed by atoms with Gasteiger partial charge in [-0.05, 0) is 25.8 Å². The second kappa shape index (κ2) is 7.07. The van der Waals surface area contributed by atoms with E-state index in [2.05, 4.69) is 29.8 Å². The number of imide groups is 1. The largest absolute Gasteiger partial charge is 0.453 e. The van der Waals surface area contributed by atoms with Gasteiger partial charge in [-0.2, -0.15) is 0 Å². The molecule has 0 saturated heterocycles. The van der Waals surface area contributed by atoms with Gasteiger partial charge in [0, 0.05) is 28.7 Å². The number of H-pyrrole nitrogens is 1. The number of rotatable bonds is 5. The average Bonchev–Trinajstić information content (AvgIpc) is 3.29. The molecule has 0 unspecified atom stereocenters. The minimum absolute atomic E-state index is 0.335. The van der Waals surface area contributed by atoms with E-state index < -0.39 is 17.3 Å². The molecule has 1 fully saturated rings. The van der Waals surface area contributed by atoms with Crippen molar-refractivity contribution in [1.29, 1.82) is 0 Å². The van der Waals surface area contributed by atoms with Gasteiger partial charge < -0.3 is 9.72 Å². The second-order valence-electron chi connectivity index (χ2n) is 6.40. The summed E-state index contributed by atoms with van der Waals surface area (Å²) in [5.41, 5.74) is 2.03. The Kier molecular flexibility index (Phi) is 4.61. The fraction of sp³-hybridized carbons (Fsp3) is 0.333. The van der Waals surface area contributed by atoms with Crippen LogP contribution in [0.15, 0.2) is 35.6 Å². The SMILES string of the molecule is COC(=O)NC(=O)[C@H](C)Sc1nnc(-c2c[nH]c3ccccc23)n1C1CC1. The van der Waals surface area contributed by atoms with Crippen LogP contribution in [0.1, 0.15) is 25.8 Å². The zero-order valence-electron chi connectivity index (χ0n) is 14.9. The summed E-state index contributed by atoms with van der Waals surface area (Å²) in [6, 6.07) is 8.38. The second-order valence-corrected chi connectivity index (χ2v) is 7.70. The molecule has 4 rings (SSSR count). The Balaban J connectivity index is 1.64. The molecule has 9 heteroatoms. The number of carbonyl (C=O) groups is 2. The first-order valence-corrected chi connectivity index (χ1v) is 9.53. The van der Waals surface area contributed by atoms with Crippen LogP contribution in [-0.4, -0.2) is 44.1 Å². The van der Waals surface area contributed by atoms with Crippen LogP contribution in [-0.2, 0) is 9.53 Å². The molecule has 0 radical (unpaired) electrons. The van der Waals surface area contributed by atoms with Crippen LogP contribution >= 0.6 is 11.8 Å². The van der Waals surface area contributed by atoms with Crippen LogP contribution < -0.4 is 5.32 Å². The number of nitrogens with zero attached hydrogens (tertiary/aromatic N) is 3. The minimum atomic E-state index is -0.768. The van der Waals surface area contributed by atoms with Crippen molar-refractivity contribution in [2.75, 3.05) is 7.11 Å². The molecule has 1 atom stereocenters. The highest BCUT2D eigenvalue weighted by Gasteiger charge is 2.32. The van der Waals surface area contributed by atoms with Crippen molar-refractivity contribution in [3.8, 4) is 11.4 Å². The predicted octanol–water partition coefficient (Wildman–Crippen LogP) is 3.12. The molecule has 1 aliphatic carbocycles. The van der Waals surface area contributed by atoms with E-state index in [0.29, 0.717) is 11.2 Å². The third kappa shape index (κ3) is 3.42. The first-order chi connectivity index (χ1) is 13.1. The van der Waals surface area contributed by atoms with Crippen LogP contribution in [0.3, 0.4) is 0 Å². The van der Waals surface area contributed by atoms with Gasteiger partial charge >= 0.3 is 6.09 Å². The normalized spacial score (nSPS) is 14.9. The predicted molar refractivity (Wildman–Crippen MR) is 101 cm³/mol. The van der Waals surface area contributed by atoms with Crippen molar-refractivity contribution in [3.05, 3.63) is 30.5 Å². The number of amides is 2. The van der Waals surface area contributed by atoms with Gasteiger partial charge in [0.15, 0.2) is 11.0 Å². The van der Waals surface area contributed by atoms with E-state index in [1.807, 2.05) is 30.5 Å². The average molecular weight is 385 g/mol. The minimum Gasteiger partial charge on any atom is -0.453 e. The summed E-state index contributed by atoms with van der Waals surface area (Å²) in [6.07, 6.45) is 3.29. The summed E-state index contributed by atoms with van der Waals surface area (Å²) < 4.78 is 6.57. The van der Waals surface area contributed by atoms with Crippen LogP contribution in [0.2, 0.25) is 0 Å². The molecule has 1 aliphatic rings. The zero-order chi connectivity index (χ0) is 19.0. The topological polar surface area (TPSA) is 102 Å². The molecule has 2 aromatic heterocycles. The quantitative estimate of drug-likeness (QED) is 0.654. The smallest absolute Gasteiger partial charge is 0.413 e. The number of carbonyl (C=O) groups excluding carboxylic acids is 2. The van der Waals surface area contributed by atoms with E-state index in [0.717, 1.165) is 35.1 Å². The Hall–Kier alpha value is -2.81. The number of methoxy groups -OCH3 is 1. The molecule has 3 aromatic rings. The van der Waals surface area contributed by atoms with Gasteiger partial charge in [-0.3, -0.25) is 14.7 Å². The molecule has 1 saturated carbocycles. The molecule has 27 heavy (non-hydrogen) atoms. The Morgan fingerprint density at radius 1 is 1.33 bits per heavy atom. The van der Waals surface area contributed by atoms with E-state index in [4.69, 9.17) is 0 Å². The number of benzene rings is 1. The molecule has 2 heterocycles. The van der Waals surface area contributed by atoms with E-state index >= 15 is 0 Å². The maximum atomic E-state index is 12.1. The number of hydrogen-bond acceptors (Lipinski definition) is 6. The monoisotopic (exact) mass is 385 g/mol. The number of para-hydroxylation sites is 1. The van der Waals surface area contributed by atoms with Gasteiger partial charge in [0.05, 0.1) is 12.4 Å². The molecule has 0 aliphatic heterocycles. The summed E-state index contributed by atoms with van der Waals surface area (Å²) in [4.78, 5) is 26.6. The van der Waals surface area contributed by atoms with Gasteiger partial charge in [0.1, 0.15) is 0 Å². The number of fused-ring (bicyclic) bond motifs is 1. The van der Waals surface area contributed by atoms with Crippen LogP contribution in [0, 0.1) is 0 Å². The van der Waals surface area contributed by atoms with Crippen molar-refractivity contribution >= 4 is 34.7 Å². The molecule has 140 valence electrons. The van der Waals surface area contributed by atoms with Crippen molar-refractivity contribution in [1.82, 2.24) is 25.1 Å². The number of thioether (sulfide) groups is 1. The summed E-state index contributed by atoms with van der Waals surface area (Å²) in [5.74, 6) is 0.365. The first kappa shape index (κ1) is 17.6. The Bertz CT molecular complexity index is 1010. The highest BCUT2D eigenvalue weighted by Crippen LogP contribution is 2.42. The van der Waals surface area contributed by atoms with E-state index in [1.165, 1.54) is 18.9 Å². The van der Waals surface area contributed by atoms with Crippen LogP contribution in [0.25, 0.3) is 22.3 Å². The number of nitrogens with one attached hydrogen (secondary N) is 2. The highest BCUT2D eigenvalue weighted by atomic mass is 32.2. The summed E-state index contributed by atoms with van der Waals surface area (Å²) >= 11 is 1.28. The number of aromatic nitrogens is 4. The maximum absolute atomic E-state index is 12.1. The van der Waals surface area contributed by atoms with Gasteiger partial charge in [-0.25, -0.2) is 4.79 Å². The molecular weight excluding hydrogens is 366 g/mol. The van der Waals surface area contributed by atoms with E-state index in [1.54, 1.807) is 6.92 Å². The molecule has 1 aromatic carbocycles. The molecule has 0 spiro atoms. The van der Waals surface area contributed by atoms with Gasteiger partial charge in [0.2, 0.25) is 5.91 Å². The lowest BCUT2D eigenvalue weighted by Gasteiger charge is -2.12. The summed E-state index contributed by atoms with van der Waals surface area (Å²) in [7, 11) is 1.22. The third-order valence-corrected chi connectivity index (χ3v) is 5.53. The van der Waals surface area contributed by atoms with E-state index in [-0.39, 0.29) is 0 Å². The maximum Gasteiger partial charge on any atom is 0.413 e. The lowest BCUT2D eigenvalue weighted by molar-refractivity contribution is -0.119. The van der Waals surface area contributed by atoms with Crippen LogP contribution in [0.4, 0.5) is 4.79 Å². The number of hydrogen-bond donors (Lipinski definition) is 2. The van der Waals surface area contributed by atoms with Crippen molar-refractivity contribution in [2.45, 2.75) is 36.2 Å². The number of ether oxygens (including phenoxy) is 1. The number of aromatic amines is 1. The third-order valence-electron chi connectivity index (χ3n) is 4.47. The molecule has 2 amide bonds. The fourth-order valence-electron chi connectivity index (χ4n) is 2.92. The van der Waals surface area contributed by atoms with E-state index in [9.17, 15) is 9.59 Å². The van der Waals surface area contributed by atoms with Gasteiger partial charge in [-0.15, -0.1) is 10.2 Å². The molecular formula is C18H19N5O3S. The molecule has 0 bridgehead atoms. The first-order valence-electron chi connectivity index (χ1n) is 8.65.